The van der Waals surface area contributed by atoms with Crippen LogP contribution in [0.4, 0.5) is 0 Å². The van der Waals surface area contributed by atoms with Crippen LogP contribution < -0.4 is 10.1 Å². The number of nitrogens with one attached hydrogen (secondary N) is 1. The van der Waals surface area contributed by atoms with Crippen molar-refractivity contribution in [3.8, 4) is 5.75 Å². The van der Waals surface area contributed by atoms with E-state index in [9.17, 15) is 9.59 Å². The molecule has 0 aliphatic heterocycles. The summed E-state index contributed by atoms with van der Waals surface area (Å²) in [5.74, 6) is -1.29. The maximum Gasteiger partial charge on any atom is 0.326 e. The molecule has 1 rings (SSSR count). The number of carbonyl (C=O) groups is 2. The monoisotopic (exact) mass is 285 g/mol. The van der Waals surface area contributed by atoms with Gasteiger partial charge < -0.3 is 15.2 Å². The van der Waals surface area contributed by atoms with Crippen LogP contribution in [0.15, 0.2) is 24.3 Å². The summed E-state index contributed by atoms with van der Waals surface area (Å²) in [6, 6.07) is 5.70. The average molecular weight is 286 g/mol. The van der Waals surface area contributed by atoms with Gasteiger partial charge in [-0.05, 0) is 24.1 Å². The molecule has 0 aliphatic carbocycles. The predicted octanol–water partition coefficient (Wildman–Crippen LogP) is 1.94. The van der Waals surface area contributed by atoms with E-state index < -0.39 is 17.9 Å². The summed E-state index contributed by atoms with van der Waals surface area (Å²) in [5.41, 5.74) is 0. The number of aliphatic carboxylic acids is 1. The number of carboxylic acids is 1. The molecule has 0 radical (unpaired) electrons. The van der Waals surface area contributed by atoms with Crippen molar-refractivity contribution in [2.75, 3.05) is 6.61 Å². The van der Waals surface area contributed by atoms with E-state index in [0.29, 0.717) is 10.8 Å². The zero-order valence-electron chi connectivity index (χ0n) is 10.7. The second-order valence-electron chi connectivity index (χ2n) is 4.37. The van der Waals surface area contributed by atoms with Gasteiger partial charge in [-0.2, -0.15) is 0 Å². The van der Waals surface area contributed by atoms with E-state index in [1.807, 2.05) is 0 Å². The van der Waals surface area contributed by atoms with Crippen molar-refractivity contribution in [2.45, 2.75) is 19.9 Å². The Hall–Kier alpha value is -1.75. The zero-order chi connectivity index (χ0) is 14.4. The summed E-state index contributed by atoms with van der Waals surface area (Å²) < 4.78 is 5.22. The van der Waals surface area contributed by atoms with Crippen LogP contribution in [-0.2, 0) is 9.59 Å². The van der Waals surface area contributed by atoms with E-state index in [1.165, 1.54) is 0 Å². The molecule has 1 atom stereocenters. The summed E-state index contributed by atoms with van der Waals surface area (Å²) in [4.78, 5) is 22.5. The van der Waals surface area contributed by atoms with E-state index in [1.54, 1.807) is 38.1 Å². The topological polar surface area (TPSA) is 75.6 Å². The van der Waals surface area contributed by atoms with Gasteiger partial charge in [0.05, 0.1) is 0 Å². The lowest BCUT2D eigenvalue weighted by molar-refractivity contribution is -0.143. The van der Waals surface area contributed by atoms with Crippen molar-refractivity contribution in [1.29, 1.82) is 0 Å². The van der Waals surface area contributed by atoms with Crippen LogP contribution in [0.25, 0.3) is 0 Å². The van der Waals surface area contributed by atoms with Crippen LogP contribution in [0.1, 0.15) is 13.8 Å². The third kappa shape index (κ3) is 5.18. The lowest BCUT2D eigenvalue weighted by Crippen LogP contribution is -2.46. The molecule has 0 saturated heterocycles. The summed E-state index contributed by atoms with van der Waals surface area (Å²) in [6.45, 7) is 3.19. The fraction of sp³-hybridized carbons (Fsp3) is 0.385. The van der Waals surface area contributed by atoms with Gasteiger partial charge in [0.2, 0.25) is 0 Å². The van der Waals surface area contributed by atoms with Gasteiger partial charge in [0.15, 0.2) is 6.61 Å². The van der Waals surface area contributed by atoms with Gasteiger partial charge in [-0.1, -0.05) is 31.5 Å². The van der Waals surface area contributed by atoms with Crippen LogP contribution in [0.5, 0.6) is 5.75 Å². The van der Waals surface area contributed by atoms with Gasteiger partial charge in [-0.3, -0.25) is 4.79 Å². The van der Waals surface area contributed by atoms with Gasteiger partial charge in [-0.25, -0.2) is 4.79 Å². The van der Waals surface area contributed by atoms with Crippen LogP contribution in [0, 0.1) is 5.92 Å². The average Bonchev–Trinajstić information content (AvgIpc) is 2.32. The third-order valence-corrected chi connectivity index (χ3v) is 2.65. The predicted molar refractivity (Wildman–Crippen MR) is 71.4 cm³/mol. The second kappa shape index (κ2) is 6.99. The quantitative estimate of drug-likeness (QED) is 0.837. The number of hydrogen-bond acceptors (Lipinski definition) is 3. The molecule has 104 valence electrons. The molecule has 0 aliphatic rings. The highest BCUT2D eigenvalue weighted by atomic mass is 35.5. The maximum absolute atomic E-state index is 11.6. The highest BCUT2D eigenvalue weighted by Crippen LogP contribution is 2.16. The number of ether oxygens (including phenoxy) is 1. The number of rotatable bonds is 6. The second-order valence-corrected chi connectivity index (χ2v) is 4.81. The first kappa shape index (κ1) is 15.3. The van der Waals surface area contributed by atoms with Crippen LogP contribution >= 0.6 is 11.6 Å². The molecule has 5 nitrogen and oxygen atoms in total. The van der Waals surface area contributed by atoms with Gasteiger partial charge in [0.1, 0.15) is 11.8 Å². The van der Waals surface area contributed by atoms with Gasteiger partial charge >= 0.3 is 5.97 Å². The fourth-order valence-electron chi connectivity index (χ4n) is 1.43. The Morgan fingerprint density at radius 3 is 2.63 bits per heavy atom. The fourth-order valence-corrected chi connectivity index (χ4v) is 1.61. The normalized spacial score (nSPS) is 12.0. The number of halogens is 1. The van der Waals surface area contributed by atoms with Crippen molar-refractivity contribution in [2.24, 2.45) is 5.92 Å². The Bertz CT molecular complexity index is 462. The summed E-state index contributed by atoms with van der Waals surface area (Å²) >= 11 is 5.77. The van der Waals surface area contributed by atoms with Crippen molar-refractivity contribution in [1.82, 2.24) is 5.32 Å². The lowest BCUT2D eigenvalue weighted by atomic mass is 10.1. The summed E-state index contributed by atoms with van der Waals surface area (Å²) in [6.07, 6.45) is 0. The molecule has 2 N–H and O–H groups in total. The Labute approximate surface area is 116 Å². The highest BCUT2D eigenvalue weighted by Gasteiger charge is 2.23. The maximum atomic E-state index is 11.6. The van der Waals surface area contributed by atoms with Crippen molar-refractivity contribution >= 4 is 23.5 Å². The van der Waals surface area contributed by atoms with Crippen LogP contribution in [-0.4, -0.2) is 29.6 Å². The standard InChI is InChI=1S/C13H16ClNO4/c1-8(2)12(13(17)18)15-11(16)7-19-10-5-3-4-9(14)6-10/h3-6,8,12H,7H2,1-2H3,(H,15,16)(H,17,18)/t12-/m0/s1. The first-order chi connectivity index (χ1) is 8.90. The van der Waals surface area contributed by atoms with Crippen molar-refractivity contribution < 1.29 is 19.4 Å². The molecule has 0 bridgehead atoms. The number of benzene rings is 1. The Morgan fingerprint density at radius 1 is 1.42 bits per heavy atom. The van der Waals surface area contributed by atoms with Gasteiger partial charge in [0.25, 0.3) is 5.91 Å². The van der Waals surface area contributed by atoms with Gasteiger partial charge in [0, 0.05) is 5.02 Å². The smallest absolute Gasteiger partial charge is 0.326 e. The third-order valence-electron chi connectivity index (χ3n) is 2.42. The zero-order valence-corrected chi connectivity index (χ0v) is 11.5. The molecule has 0 fully saturated rings. The van der Waals surface area contributed by atoms with E-state index in [-0.39, 0.29) is 12.5 Å². The first-order valence-electron chi connectivity index (χ1n) is 5.80. The summed E-state index contributed by atoms with van der Waals surface area (Å²) in [5, 5.41) is 11.8. The Morgan fingerprint density at radius 2 is 2.11 bits per heavy atom. The number of carbonyl (C=O) groups excluding carboxylic acids is 1. The van der Waals surface area contributed by atoms with E-state index >= 15 is 0 Å². The molecule has 19 heavy (non-hydrogen) atoms. The molecular weight excluding hydrogens is 270 g/mol. The van der Waals surface area contributed by atoms with E-state index in [2.05, 4.69) is 5.32 Å². The molecule has 6 heteroatoms. The minimum absolute atomic E-state index is 0.201. The summed E-state index contributed by atoms with van der Waals surface area (Å²) in [7, 11) is 0. The molecule has 1 amide bonds. The minimum atomic E-state index is -1.06. The molecular formula is C13H16ClNO4. The number of amides is 1. The highest BCUT2D eigenvalue weighted by molar-refractivity contribution is 6.30. The molecule has 0 spiro atoms. The Kier molecular flexibility index (Phi) is 5.63. The minimum Gasteiger partial charge on any atom is -0.484 e. The van der Waals surface area contributed by atoms with Crippen LogP contribution in [0.3, 0.4) is 0 Å². The molecule has 0 saturated carbocycles. The lowest BCUT2D eigenvalue weighted by Gasteiger charge is -2.17. The molecule has 1 aromatic rings. The van der Waals surface area contributed by atoms with E-state index in [0.717, 1.165) is 0 Å². The largest absolute Gasteiger partial charge is 0.484 e. The SMILES string of the molecule is CC(C)[C@H](NC(=O)COc1cccc(Cl)c1)C(=O)O. The van der Waals surface area contributed by atoms with Gasteiger partial charge in [-0.15, -0.1) is 0 Å². The van der Waals surface area contributed by atoms with Crippen molar-refractivity contribution in [3.05, 3.63) is 29.3 Å². The number of carboxylic acid groups (broad SMARTS) is 1. The Balaban J connectivity index is 2.49. The molecule has 0 aromatic heterocycles. The van der Waals surface area contributed by atoms with Crippen LogP contribution in [0.2, 0.25) is 5.02 Å². The number of hydrogen-bond donors (Lipinski definition) is 2. The molecule has 1 aromatic carbocycles. The molecule has 0 unspecified atom stereocenters. The molecule has 0 heterocycles. The van der Waals surface area contributed by atoms with E-state index in [4.69, 9.17) is 21.4 Å². The van der Waals surface area contributed by atoms with Crippen molar-refractivity contribution in [3.63, 3.8) is 0 Å². The first-order valence-corrected chi connectivity index (χ1v) is 6.18.